The summed E-state index contributed by atoms with van der Waals surface area (Å²) in [6.45, 7) is 0.635. The Hall–Kier alpha value is -0.300. The Morgan fingerprint density at radius 3 is 3.00 bits per heavy atom. The van der Waals surface area contributed by atoms with Crippen molar-refractivity contribution in [3.63, 3.8) is 0 Å². The zero-order valence-corrected chi connectivity index (χ0v) is 5.67. The molecule has 0 saturated carbocycles. The maximum absolute atomic E-state index is 9.80. The van der Waals surface area contributed by atoms with Crippen molar-refractivity contribution in [2.45, 2.75) is 0 Å². The summed E-state index contributed by atoms with van der Waals surface area (Å²) in [5.74, 6) is 0. The van der Waals surface area contributed by atoms with Gasteiger partial charge in [0.25, 0.3) is 0 Å². The van der Waals surface area contributed by atoms with E-state index in [0.29, 0.717) is 6.81 Å². The number of primary amides is 1. The molecule has 1 amide bonds. The summed E-state index contributed by atoms with van der Waals surface area (Å²) in [5, 5.41) is 0. The van der Waals surface area contributed by atoms with Crippen LogP contribution >= 0.6 is 6.81 Å². The van der Waals surface area contributed by atoms with Gasteiger partial charge >= 0.3 is 52.2 Å². The number of nitrogens with two attached hydrogens (primary N) is 1. The van der Waals surface area contributed by atoms with Crippen molar-refractivity contribution in [2.24, 2.45) is 5.73 Å². The van der Waals surface area contributed by atoms with Gasteiger partial charge in [-0.15, -0.1) is 0 Å². The van der Waals surface area contributed by atoms with Gasteiger partial charge in [0.1, 0.15) is 0 Å². The predicted molar refractivity (Wildman–Crippen MR) is 33.7 cm³/mol. The number of carbonyl (C=O) groups excluding carboxylic acids is 1. The summed E-state index contributed by atoms with van der Waals surface area (Å²) in [4.78, 5) is 9.80. The Balaban J connectivity index is 3.28. The van der Waals surface area contributed by atoms with Gasteiger partial charge in [-0.1, -0.05) is 0 Å². The number of carbonyl (C=O) groups is 1. The minimum atomic E-state index is -0.795. The third-order valence-electron chi connectivity index (χ3n) is 0.344. The Morgan fingerprint density at radius 2 is 2.62 bits per heavy atom. The second kappa shape index (κ2) is 4.85. The monoisotopic (exact) mass is 149 g/mol. The predicted octanol–water partition coefficient (Wildman–Crippen LogP) is 0.449. The van der Waals surface area contributed by atoms with Crippen molar-refractivity contribution in [1.29, 1.82) is 0 Å². The first kappa shape index (κ1) is 7.70. The normalized spacial score (nSPS) is 7.00. The molecule has 0 aliphatic carbocycles. The Kier molecular flexibility index (Phi) is 4.67. The van der Waals surface area contributed by atoms with Crippen molar-refractivity contribution in [1.82, 2.24) is 0 Å². The Labute approximate surface area is 53.0 Å². The summed E-state index contributed by atoms with van der Waals surface area (Å²) < 4.78 is 4.24. The van der Waals surface area contributed by atoms with E-state index in [4.69, 9.17) is 0 Å². The van der Waals surface area contributed by atoms with E-state index in [1.54, 1.807) is 0 Å². The molecule has 0 saturated heterocycles. The SMILES string of the molecule is NC(=O)OCC#P=S. The fraction of sp³-hybridized carbons (Fsp3) is 0.333. The van der Waals surface area contributed by atoms with E-state index >= 15 is 0 Å². The first-order valence-corrected chi connectivity index (χ1v) is 3.65. The second-order valence-electron chi connectivity index (χ2n) is 0.857. The molecule has 0 unspecified atom stereocenters. The fourth-order valence-corrected chi connectivity index (χ4v) is 0.405. The van der Waals surface area contributed by atoms with Crippen LogP contribution in [0.2, 0.25) is 0 Å². The van der Waals surface area contributed by atoms with Crippen molar-refractivity contribution >= 4 is 24.7 Å². The van der Waals surface area contributed by atoms with Crippen LogP contribution in [0.25, 0.3) is 0 Å². The number of amides is 1. The van der Waals surface area contributed by atoms with Crippen molar-refractivity contribution in [3.05, 3.63) is 0 Å². The summed E-state index contributed by atoms with van der Waals surface area (Å²) >= 11 is 4.43. The van der Waals surface area contributed by atoms with Gasteiger partial charge in [0, 0.05) is 0 Å². The molecule has 0 spiro atoms. The number of ether oxygens (including phenoxy) is 1. The van der Waals surface area contributed by atoms with Crippen LogP contribution in [-0.4, -0.2) is 12.7 Å². The quantitative estimate of drug-likeness (QED) is 0.550. The van der Waals surface area contributed by atoms with Crippen LogP contribution < -0.4 is 5.73 Å². The zero-order chi connectivity index (χ0) is 6.41. The van der Waals surface area contributed by atoms with E-state index in [0.717, 1.165) is 0 Å². The molecular formula is C3H4NO2PS. The van der Waals surface area contributed by atoms with Crippen molar-refractivity contribution in [3.8, 4) is 5.63 Å². The maximum atomic E-state index is 9.80. The molecule has 3 nitrogen and oxygen atoms in total. The number of hydrogen-bond donors (Lipinski definition) is 1. The van der Waals surface area contributed by atoms with Crippen molar-refractivity contribution in [2.75, 3.05) is 6.61 Å². The van der Waals surface area contributed by atoms with Gasteiger partial charge in [-0.3, -0.25) is 0 Å². The van der Waals surface area contributed by atoms with E-state index in [9.17, 15) is 4.79 Å². The average Bonchev–Trinajstić information content (AvgIpc) is 1.66. The number of rotatable bonds is 1. The number of hydrogen-bond acceptors (Lipinski definition) is 3. The van der Waals surface area contributed by atoms with Gasteiger partial charge in [0.05, 0.1) is 0 Å². The summed E-state index contributed by atoms with van der Waals surface area (Å²) in [6.07, 6.45) is -0.795. The summed E-state index contributed by atoms with van der Waals surface area (Å²) in [7, 11) is 0. The van der Waals surface area contributed by atoms with Crippen LogP contribution in [0, 0.1) is 5.63 Å². The van der Waals surface area contributed by atoms with Crippen LogP contribution in [0.1, 0.15) is 0 Å². The van der Waals surface area contributed by atoms with Gasteiger partial charge in [-0.2, -0.15) is 0 Å². The molecule has 0 aliphatic rings. The molecule has 0 aromatic rings. The molecule has 44 valence electrons. The zero-order valence-electron chi connectivity index (χ0n) is 3.96. The van der Waals surface area contributed by atoms with Gasteiger partial charge in [0.2, 0.25) is 0 Å². The van der Waals surface area contributed by atoms with Gasteiger partial charge in [-0.05, 0) is 0 Å². The van der Waals surface area contributed by atoms with Crippen LogP contribution in [0.3, 0.4) is 0 Å². The van der Waals surface area contributed by atoms with E-state index < -0.39 is 6.09 Å². The van der Waals surface area contributed by atoms with Crippen LogP contribution in [0.15, 0.2) is 0 Å². The molecule has 0 heterocycles. The molecular weight excluding hydrogens is 145 g/mol. The van der Waals surface area contributed by atoms with E-state index in [2.05, 4.69) is 27.9 Å². The first-order chi connectivity index (χ1) is 3.77. The molecule has 0 rings (SSSR count). The molecule has 5 heteroatoms. The van der Waals surface area contributed by atoms with Crippen LogP contribution in [0.4, 0.5) is 4.79 Å². The van der Waals surface area contributed by atoms with Gasteiger partial charge in [-0.25, -0.2) is 0 Å². The molecule has 0 aromatic carbocycles. The molecule has 0 bridgehead atoms. The van der Waals surface area contributed by atoms with Gasteiger partial charge < -0.3 is 0 Å². The second-order valence-corrected chi connectivity index (χ2v) is 1.90. The summed E-state index contributed by atoms with van der Waals surface area (Å²) in [5.41, 5.74) is 7.14. The molecule has 0 aromatic heterocycles. The third kappa shape index (κ3) is 5.70. The van der Waals surface area contributed by atoms with E-state index in [1.165, 1.54) is 0 Å². The Bertz CT molecular complexity index is 173. The first-order valence-electron chi connectivity index (χ1n) is 1.75. The van der Waals surface area contributed by atoms with Crippen molar-refractivity contribution < 1.29 is 9.53 Å². The third-order valence-corrected chi connectivity index (χ3v) is 0.989. The molecule has 0 fully saturated rings. The molecule has 0 atom stereocenters. The van der Waals surface area contributed by atoms with Crippen LogP contribution in [0.5, 0.6) is 0 Å². The minimum absolute atomic E-state index is 0.0837. The molecule has 0 radical (unpaired) electrons. The van der Waals surface area contributed by atoms with E-state index in [1.807, 2.05) is 0 Å². The summed E-state index contributed by atoms with van der Waals surface area (Å²) in [6, 6.07) is 0. The standard InChI is InChI=1S/C3H4NO2PS/c4-3(5)6-1-2-7-8/h1H2,(H2,4,5). The Morgan fingerprint density at radius 1 is 2.00 bits per heavy atom. The van der Waals surface area contributed by atoms with E-state index in [-0.39, 0.29) is 6.61 Å². The van der Waals surface area contributed by atoms with Crippen LogP contribution in [-0.2, 0) is 16.5 Å². The molecule has 0 aliphatic heterocycles. The van der Waals surface area contributed by atoms with Gasteiger partial charge in [0.15, 0.2) is 0 Å². The molecule has 2 N–H and O–H groups in total. The molecule has 8 heavy (non-hydrogen) atoms. The topological polar surface area (TPSA) is 52.3 Å². The fourth-order valence-electron chi connectivity index (χ4n) is 0.130. The average molecular weight is 149 g/mol.